The van der Waals surface area contributed by atoms with Gasteiger partial charge in [-0.3, -0.25) is 0 Å². The molecule has 3 rings (SSSR count). The minimum Gasteiger partial charge on any atom is -0.363 e. The number of fused-ring (bicyclic) bond motifs is 1. The Morgan fingerprint density at radius 3 is 2.13 bits per heavy atom. The second-order valence-electron chi connectivity index (χ2n) is 5.16. The minimum absolute atomic E-state index is 0.157. The van der Waals surface area contributed by atoms with Crippen LogP contribution in [0, 0.1) is 0 Å². The van der Waals surface area contributed by atoms with Gasteiger partial charge in [0.05, 0.1) is 5.60 Å². The van der Waals surface area contributed by atoms with E-state index in [2.05, 4.69) is 32.9 Å². The third kappa shape index (κ3) is 1.18. The predicted octanol–water partition coefficient (Wildman–Crippen LogP) is 2.48. The first kappa shape index (κ1) is 9.37. The third-order valence-electron chi connectivity index (χ3n) is 3.54. The highest BCUT2D eigenvalue weighted by molar-refractivity contribution is 5.30. The van der Waals surface area contributed by atoms with E-state index in [0.717, 1.165) is 0 Å². The molecule has 2 aliphatic heterocycles. The summed E-state index contributed by atoms with van der Waals surface area (Å²) in [4.78, 5) is 0. The fourth-order valence-corrected chi connectivity index (χ4v) is 2.71. The fourth-order valence-electron chi connectivity index (χ4n) is 2.71. The smallest absolute Gasteiger partial charge is 0.120 e. The first-order valence-electron chi connectivity index (χ1n) is 5.45. The number of rotatable bonds is 1. The zero-order chi connectivity index (χ0) is 10.7. The quantitative estimate of drug-likeness (QED) is 0.655. The molecule has 0 aliphatic carbocycles. The van der Waals surface area contributed by atoms with Gasteiger partial charge in [-0.2, -0.15) is 0 Å². The number of epoxide rings is 1. The Morgan fingerprint density at radius 2 is 1.67 bits per heavy atom. The lowest BCUT2D eigenvalue weighted by atomic mass is 9.92. The van der Waals surface area contributed by atoms with Crippen LogP contribution in [-0.4, -0.2) is 17.8 Å². The average Bonchev–Trinajstić information content (AvgIpc) is 2.95. The van der Waals surface area contributed by atoms with E-state index in [1.807, 2.05) is 18.2 Å². The summed E-state index contributed by atoms with van der Waals surface area (Å²) in [7, 11) is 0. The van der Waals surface area contributed by atoms with Gasteiger partial charge in [-0.25, -0.2) is 0 Å². The molecule has 0 saturated carbocycles. The number of hydrogen-bond acceptors (Lipinski definition) is 2. The van der Waals surface area contributed by atoms with Crippen LogP contribution in [0.25, 0.3) is 0 Å². The summed E-state index contributed by atoms with van der Waals surface area (Å²) in [5, 5.41) is 0. The van der Waals surface area contributed by atoms with Crippen molar-refractivity contribution in [3.63, 3.8) is 0 Å². The summed E-state index contributed by atoms with van der Waals surface area (Å²) in [6, 6.07) is 10.3. The van der Waals surface area contributed by atoms with Crippen molar-refractivity contribution in [1.82, 2.24) is 0 Å². The molecule has 2 heterocycles. The van der Waals surface area contributed by atoms with Crippen molar-refractivity contribution in [1.29, 1.82) is 0 Å². The zero-order valence-electron chi connectivity index (χ0n) is 9.36. The van der Waals surface area contributed by atoms with Gasteiger partial charge in [0.1, 0.15) is 17.8 Å². The van der Waals surface area contributed by atoms with Crippen LogP contribution in [0.3, 0.4) is 0 Å². The van der Waals surface area contributed by atoms with Gasteiger partial charge in [0.15, 0.2) is 0 Å². The molecule has 2 nitrogen and oxygen atoms in total. The number of benzene rings is 1. The van der Waals surface area contributed by atoms with E-state index in [4.69, 9.17) is 9.47 Å². The van der Waals surface area contributed by atoms with Gasteiger partial charge in [-0.1, -0.05) is 30.3 Å². The molecule has 0 N–H and O–H groups in total. The topological polar surface area (TPSA) is 21.8 Å². The van der Waals surface area contributed by atoms with Gasteiger partial charge < -0.3 is 9.47 Å². The zero-order valence-corrected chi connectivity index (χ0v) is 9.36. The highest BCUT2D eigenvalue weighted by atomic mass is 16.7. The van der Waals surface area contributed by atoms with Crippen LogP contribution in [-0.2, 0) is 15.1 Å². The lowest BCUT2D eigenvalue weighted by molar-refractivity contribution is -0.142. The Hall–Kier alpha value is -0.860. The average molecular weight is 204 g/mol. The molecular formula is C13H16O2. The van der Waals surface area contributed by atoms with Gasteiger partial charge in [-0.15, -0.1) is 0 Å². The second-order valence-corrected chi connectivity index (χ2v) is 5.16. The van der Waals surface area contributed by atoms with Crippen LogP contribution < -0.4 is 0 Å². The van der Waals surface area contributed by atoms with Crippen molar-refractivity contribution in [3.8, 4) is 0 Å². The van der Waals surface area contributed by atoms with Crippen LogP contribution in [0.5, 0.6) is 0 Å². The van der Waals surface area contributed by atoms with Crippen molar-refractivity contribution in [2.24, 2.45) is 0 Å². The monoisotopic (exact) mass is 204 g/mol. The van der Waals surface area contributed by atoms with Gasteiger partial charge in [0.2, 0.25) is 0 Å². The number of ether oxygens (including phenoxy) is 2. The summed E-state index contributed by atoms with van der Waals surface area (Å²) in [5.74, 6) is 0. The normalized spacial score (nSPS) is 41.3. The summed E-state index contributed by atoms with van der Waals surface area (Å²) < 4.78 is 11.9. The fraction of sp³-hybridized carbons (Fsp3) is 0.538. The summed E-state index contributed by atoms with van der Waals surface area (Å²) in [6.45, 7) is 6.33. The molecule has 1 aromatic rings. The van der Waals surface area contributed by atoms with E-state index >= 15 is 0 Å². The Morgan fingerprint density at radius 1 is 1.00 bits per heavy atom. The minimum atomic E-state index is -0.268. The van der Waals surface area contributed by atoms with Crippen molar-refractivity contribution in [3.05, 3.63) is 35.9 Å². The Kier molecular flexibility index (Phi) is 1.64. The van der Waals surface area contributed by atoms with Gasteiger partial charge in [0, 0.05) is 0 Å². The van der Waals surface area contributed by atoms with Crippen LogP contribution in [0.1, 0.15) is 26.3 Å². The maximum atomic E-state index is 6.16. The molecule has 2 aliphatic rings. The van der Waals surface area contributed by atoms with E-state index < -0.39 is 0 Å². The molecular weight excluding hydrogens is 188 g/mol. The lowest BCUT2D eigenvalue weighted by Gasteiger charge is -2.31. The lowest BCUT2D eigenvalue weighted by Crippen LogP contribution is -2.34. The largest absolute Gasteiger partial charge is 0.363 e. The number of hydrogen-bond donors (Lipinski definition) is 0. The van der Waals surface area contributed by atoms with E-state index in [9.17, 15) is 0 Å². The highest BCUT2D eigenvalue weighted by Gasteiger charge is 2.68. The van der Waals surface area contributed by atoms with Crippen molar-refractivity contribution in [2.75, 3.05) is 0 Å². The molecule has 1 aromatic carbocycles. The summed E-state index contributed by atoms with van der Waals surface area (Å²) >= 11 is 0. The van der Waals surface area contributed by atoms with E-state index in [-0.39, 0.29) is 23.4 Å². The van der Waals surface area contributed by atoms with E-state index in [1.54, 1.807) is 0 Å². The van der Waals surface area contributed by atoms with Crippen molar-refractivity contribution >= 4 is 0 Å². The Bertz CT molecular complexity index is 385. The second kappa shape index (κ2) is 2.63. The molecule has 2 fully saturated rings. The summed E-state index contributed by atoms with van der Waals surface area (Å²) in [5.41, 5.74) is 0.785. The molecule has 0 radical (unpaired) electrons. The van der Waals surface area contributed by atoms with E-state index in [0.29, 0.717) is 0 Å². The highest BCUT2D eigenvalue weighted by Crippen LogP contribution is 2.55. The Labute approximate surface area is 90.2 Å². The van der Waals surface area contributed by atoms with E-state index in [1.165, 1.54) is 5.56 Å². The SMILES string of the molecule is CC1(C)O[C@](C)(c2ccccc2)[C@@H]2O[C@H]21. The summed E-state index contributed by atoms with van der Waals surface area (Å²) in [6.07, 6.45) is 0.498. The van der Waals surface area contributed by atoms with Gasteiger partial charge in [-0.05, 0) is 26.3 Å². The molecule has 3 atom stereocenters. The van der Waals surface area contributed by atoms with Gasteiger partial charge in [0.25, 0.3) is 0 Å². The molecule has 0 amide bonds. The first-order valence-corrected chi connectivity index (χ1v) is 5.45. The molecule has 2 heteroatoms. The van der Waals surface area contributed by atoms with Crippen molar-refractivity contribution in [2.45, 2.75) is 44.2 Å². The van der Waals surface area contributed by atoms with Crippen LogP contribution >= 0.6 is 0 Å². The molecule has 0 unspecified atom stereocenters. The molecule has 0 spiro atoms. The van der Waals surface area contributed by atoms with Crippen LogP contribution in [0.2, 0.25) is 0 Å². The third-order valence-corrected chi connectivity index (χ3v) is 3.54. The van der Waals surface area contributed by atoms with Gasteiger partial charge >= 0.3 is 0 Å². The Balaban J connectivity index is 2.00. The first-order chi connectivity index (χ1) is 7.04. The van der Waals surface area contributed by atoms with Crippen LogP contribution in [0.15, 0.2) is 30.3 Å². The standard InChI is InChI=1S/C13H16O2/c1-12(2)10-11(14-10)13(3,15-12)9-7-5-4-6-8-9/h4-8,10-11H,1-3H3/t10-,11-,13-/m1/s1. The molecule has 0 aromatic heterocycles. The molecule has 15 heavy (non-hydrogen) atoms. The maximum absolute atomic E-state index is 6.16. The molecule has 0 bridgehead atoms. The predicted molar refractivity (Wildman–Crippen MR) is 57.6 cm³/mol. The van der Waals surface area contributed by atoms with Crippen LogP contribution in [0.4, 0.5) is 0 Å². The maximum Gasteiger partial charge on any atom is 0.120 e. The molecule has 80 valence electrons. The molecule has 2 saturated heterocycles. The van der Waals surface area contributed by atoms with Crippen molar-refractivity contribution < 1.29 is 9.47 Å².